The fourth-order valence-corrected chi connectivity index (χ4v) is 3.15. The van der Waals surface area contributed by atoms with Crippen molar-refractivity contribution in [2.24, 2.45) is 7.05 Å². The number of hydrogen-bond donors (Lipinski definition) is 1. The third kappa shape index (κ3) is 4.09. The van der Waals surface area contributed by atoms with Gasteiger partial charge >= 0.3 is 0 Å². The Labute approximate surface area is 150 Å². The van der Waals surface area contributed by atoms with Gasteiger partial charge in [-0.25, -0.2) is 9.37 Å². The van der Waals surface area contributed by atoms with Crippen molar-refractivity contribution in [3.8, 4) is 11.3 Å². The molecule has 0 aliphatic rings. The predicted molar refractivity (Wildman–Crippen MR) is 99.1 cm³/mol. The number of rotatable bonds is 5. The van der Waals surface area contributed by atoms with Gasteiger partial charge in [-0.3, -0.25) is 4.79 Å². The number of halogens is 1. The van der Waals surface area contributed by atoms with E-state index in [1.54, 1.807) is 25.3 Å². The van der Waals surface area contributed by atoms with E-state index in [0.717, 1.165) is 16.4 Å². The molecule has 0 saturated carbocycles. The number of aryl methyl sites for hydroxylation is 1. The highest BCUT2D eigenvalue weighted by molar-refractivity contribution is 7.99. The third-order valence-electron chi connectivity index (χ3n) is 3.80. The van der Waals surface area contributed by atoms with Gasteiger partial charge in [0.15, 0.2) is 5.16 Å². The number of nitrogens with one attached hydrogen (secondary N) is 1. The molecule has 3 aromatic rings. The van der Waals surface area contributed by atoms with Gasteiger partial charge in [0.25, 0.3) is 0 Å². The van der Waals surface area contributed by atoms with Crippen LogP contribution in [0.2, 0.25) is 0 Å². The second kappa shape index (κ2) is 7.53. The molecule has 1 heterocycles. The summed E-state index contributed by atoms with van der Waals surface area (Å²) in [7, 11) is 1.92. The van der Waals surface area contributed by atoms with E-state index in [4.69, 9.17) is 0 Å². The summed E-state index contributed by atoms with van der Waals surface area (Å²) in [6.45, 7) is 1.68. The molecule has 0 saturated heterocycles. The lowest BCUT2D eigenvalue weighted by Gasteiger charge is -2.07. The SMILES string of the molecule is Cc1ccc(NC(=O)CSc2ncc(-c3ccccc3)n2C)cc1F. The smallest absolute Gasteiger partial charge is 0.234 e. The Morgan fingerprint density at radius 2 is 2.00 bits per heavy atom. The minimum absolute atomic E-state index is 0.197. The summed E-state index contributed by atoms with van der Waals surface area (Å²) in [5, 5.41) is 3.46. The van der Waals surface area contributed by atoms with Crippen LogP contribution >= 0.6 is 11.8 Å². The van der Waals surface area contributed by atoms with Gasteiger partial charge in [0.2, 0.25) is 5.91 Å². The molecule has 25 heavy (non-hydrogen) atoms. The van der Waals surface area contributed by atoms with Crippen LogP contribution in [0.5, 0.6) is 0 Å². The maximum absolute atomic E-state index is 13.5. The summed E-state index contributed by atoms with van der Waals surface area (Å²) in [4.78, 5) is 16.5. The molecule has 3 rings (SSSR count). The molecule has 6 heteroatoms. The predicted octanol–water partition coefficient (Wildman–Crippen LogP) is 4.27. The summed E-state index contributed by atoms with van der Waals surface area (Å²) in [6, 6.07) is 14.6. The average molecular weight is 355 g/mol. The first-order valence-electron chi connectivity index (χ1n) is 7.80. The second-order valence-electron chi connectivity index (χ2n) is 5.65. The van der Waals surface area contributed by atoms with Crippen LogP contribution in [-0.2, 0) is 11.8 Å². The standard InChI is InChI=1S/C19H18FN3OS/c1-13-8-9-15(10-16(13)20)22-18(24)12-25-19-21-11-17(23(19)2)14-6-4-3-5-7-14/h3-11H,12H2,1-2H3,(H,22,24). The summed E-state index contributed by atoms with van der Waals surface area (Å²) < 4.78 is 15.5. The summed E-state index contributed by atoms with van der Waals surface area (Å²) in [5.74, 6) is -0.325. The number of amides is 1. The lowest BCUT2D eigenvalue weighted by molar-refractivity contribution is -0.113. The van der Waals surface area contributed by atoms with Crippen LogP contribution in [0, 0.1) is 12.7 Å². The van der Waals surface area contributed by atoms with Gasteiger partial charge in [0, 0.05) is 12.7 Å². The summed E-state index contributed by atoms with van der Waals surface area (Å²) in [6.07, 6.45) is 1.80. The zero-order valence-corrected chi connectivity index (χ0v) is 14.8. The molecule has 4 nitrogen and oxygen atoms in total. The Kier molecular flexibility index (Phi) is 5.19. The van der Waals surface area contributed by atoms with Gasteiger partial charge < -0.3 is 9.88 Å². The zero-order chi connectivity index (χ0) is 17.8. The van der Waals surface area contributed by atoms with Crippen LogP contribution in [0.3, 0.4) is 0 Å². The fourth-order valence-electron chi connectivity index (χ4n) is 2.40. The van der Waals surface area contributed by atoms with Gasteiger partial charge in [0.05, 0.1) is 17.6 Å². The lowest BCUT2D eigenvalue weighted by Crippen LogP contribution is -2.14. The number of benzene rings is 2. The van der Waals surface area contributed by atoms with Gasteiger partial charge in [-0.05, 0) is 30.2 Å². The molecular formula is C19H18FN3OS. The number of aromatic nitrogens is 2. The van der Waals surface area contributed by atoms with Crippen molar-refractivity contribution < 1.29 is 9.18 Å². The molecule has 1 amide bonds. The maximum atomic E-state index is 13.5. The van der Waals surface area contributed by atoms with Crippen molar-refractivity contribution in [1.29, 1.82) is 0 Å². The van der Waals surface area contributed by atoms with Crippen LogP contribution in [0.1, 0.15) is 5.56 Å². The normalized spacial score (nSPS) is 10.7. The Morgan fingerprint density at radius 3 is 2.72 bits per heavy atom. The maximum Gasteiger partial charge on any atom is 0.234 e. The number of hydrogen-bond acceptors (Lipinski definition) is 3. The Hall–Kier alpha value is -2.60. The number of nitrogens with zero attached hydrogens (tertiary/aromatic N) is 2. The number of carbonyl (C=O) groups excluding carboxylic acids is 1. The largest absolute Gasteiger partial charge is 0.325 e. The molecule has 1 N–H and O–H groups in total. The van der Waals surface area contributed by atoms with Gasteiger partial charge in [-0.15, -0.1) is 0 Å². The molecule has 2 aromatic carbocycles. The van der Waals surface area contributed by atoms with Crippen LogP contribution in [0.4, 0.5) is 10.1 Å². The monoisotopic (exact) mass is 355 g/mol. The van der Waals surface area contributed by atoms with Gasteiger partial charge in [-0.2, -0.15) is 0 Å². The van der Waals surface area contributed by atoms with Gasteiger partial charge in [0.1, 0.15) is 5.82 Å². The molecule has 0 radical (unpaired) electrons. The van der Waals surface area contributed by atoms with E-state index < -0.39 is 0 Å². The molecule has 0 aliphatic heterocycles. The van der Waals surface area contributed by atoms with Crippen molar-refractivity contribution in [1.82, 2.24) is 9.55 Å². The zero-order valence-electron chi connectivity index (χ0n) is 14.0. The summed E-state index contributed by atoms with van der Waals surface area (Å²) >= 11 is 1.34. The Morgan fingerprint density at radius 1 is 1.24 bits per heavy atom. The first-order chi connectivity index (χ1) is 12.0. The van der Waals surface area contributed by atoms with E-state index in [0.29, 0.717) is 11.3 Å². The molecule has 0 aliphatic carbocycles. The number of thioether (sulfide) groups is 1. The fraction of sp³-hybridized carbons (Fsp3) is 0.158. The summed E-state index contributed by atoms with van der Waals surface area (Å²) in [5.41, 5.74) is 3.07. The lowest BCUT2D eigenvalue weighted by atomic mass is 10.2. The van der Waals surface area contributed by atoms with E-state index in [-0.39, 0.29) is 17.5 Å². The number of anilines is 1. The molecule has 128 valence electrons. The van der Waals surface area contributed by atoms with Crippen LogP contribution in [0.15, 0.2) is 59.9 Å². The van der Waals surface area contributed by atoms with Crippen LogP contribution < -0.4 is 5.32 Å². The van der Waals surface area contributed by atoms with Crippen molar-refractivity contribution in [2.45, 2.75) is 12.1 Å². The van der Waals surface area contributed by atoms with E-state index in [1.807, 2.05) is 41.9 Å². The minimum atomic E-state index is -0.331. The highest BCUT2D eigenvalue weighted by atomic mass is 32.2. The second-order valence-corrected chi connectivity index (χ2v) is 6.59. The molecular weight excluding hydrogens is 337 g/mol. The first-order valence-corrected chi connectivity index (χ1v) is 8.79. The number of carbonyl (C=O) groups is 1. The highest BCUT2D eigenvalue weighted by Gasteiger charge is 2.11. The van der Waals surface area contributed by atoms with Crippen LogP contribution in [0.25, 0.3) is 11.3 Å². The van der Waals surface area contributed by atoms with E-state index in [1.165, 1.54) is 17.8 Å². The van der Waals surface area contributed by atoms with Crippen molar-refractivity contribution in [3.63, 3.8) is 0 Å². The molecule has 1 aromatic heterocycles. The average Bonchev–Trinajstić information content (AvgIpc) is 2.98. The Bertz CT molecular complexity index is 893. The van der Waals surface area contributed by atoms with Gasteiger partial charge in [-0.1, -0.05) is 48.2 Å². The quantitative estimate of drug-likeness (QED) is 0.696. The molecule has 0 spiro atoms. The Balaban J connectivity index is 1.63. The minimum Gasteiger partial charge on any atom is -0.325 e. The van der Waals surface area contributed by atoms with Crippen molar-refractivity contribution in [2.75, 3.05) is 11.1 Å². The molecule has 0 fully saturated rings. The topological polar surface area (TPSA) is 46.9 Å². The number of imidazole rings is 1. The molecule has 0 unspecified atom stereocenters. The first kappa shape index (κ1) is 17.2. The molecule has 0 bridgehead atoms. The van der Waals surface area contributed by atoms with Crippen molar-refractivity contribution in [3.05, 3.63) is 66.1 Å². The molecule has 0 atom stereocenters. The van der Waals surface area contributed by atoms with Crippen molar-refractivity contribution >= 4 is 23.4 Å². The third-order valence-corrected chi connectivity index (χ3v) is 4.85. The highest BCUT2D eigenvalue weighted by Crippen LogP contribution is 2.24. The van der Waals surface area contributed by atoms with E-state index >= 15 is 0 Å². The van der Waals surface area contributed by atoms with Crippen LogP contribution in [-0.4, -0.2) is 21.2 Å². The van der Waals surface area contributed by atoms with E-state index in [2.05, 4.69) is 10.3 Å². The van der Waals surface area contributed by atoms with E-state index in [9.17, 15) is 9.18 Å².